The van der Waals surface area contributed by atoms with Gasteiger partial charge in [-0.3, -0.25) is 0 Å². The van der Waals surface area contributed by atoms with Gasteiger partial charge in [0.05, 0.1) is 11.0 Å². The third-order valence-corrected chi connectivity index (χ3v) is 11.0. The number of nitrogens with zero attached hydrogens (tertiary/aromatic N) is 1. The molecule has 0 N–H and O–H groups in total. The van der Waals surface area contributed by atoms with Crippen molar-refractivity contribution < 1.29 is 4.42 Å². The Labute approximate surface area is 394 Å². The Morgan fingerprint density at radius 3 is 1.74 bits per heavy atom. The molecule has 2 nitrogen and oxygen atoms in total. The van der Waals surface area contributed by atoms with Gasteiger partial charge in [-0.2, -0.15) is 0 Å². The van der Waals surface area contributed by atoms with E-state index in [9.17, 15) is 0 Å². The first-order chi connectivity index (χ1) is 32.5. The number of benzene rings is 8. The van der Waals surface area contributed by atoms with E-state index in [1.807, 2.05) is 84.0 Å². The van der Waals surface area contributed by atoms with Crippen LogP contribution in [0.4, 0.5) is 0 Å². The van der Waals surface area contributed by atoms with Gasteiger partial charge < -0.3 is 8.98 Å². The predicted octanol–water partition coefficient (Wildman–Crippen LogP) is 19.6. The molecule has 0 radical (unpaired) electrons. The monoisotopic (exact) mass is 864 g/mol. The van der Waals surface area contributed by atoms with Crippen LogP contribution in [0, 0.1) is 13.8 Å². The second-order valence-electron chi connectivity index (χ2n) is 14.8. The number of rotatable bonds is 7. The highest BCUT2D eigenvalue weighted by Gasteiger charge is 2.15. The molecule has 0 saturated heterocycles. The Bertz CT molecular complexity index is 3170. The molecule has 0 spiro atoms. The minimum atomic E-state index is 0.913. The number of para-hydroxylation sites is 2. The first kappa shape index (κ1) is 49.3. The first-order valence-electron chi connectivity index (χ1n) is 23.2. The van der Waals surface area contributed by atoms with Crippen LogP contribution in [0.25, 0.3) is 89.4 Å². The van der Waals surface area contributed by atoms with Gasteiger partial charge in [-0.05, 0) is 119 Å². The number of aromatic nitrogens is 1. The minimum Gasteiger partial charge on any atom is -0.456 e. The Kier molecular flexibility index (Phi) is 18.2. The van der Waals surface area contributed by atoms with E-state index in [1.165, 1.54) is 66.3 Å². The molecule has 10 rings (SSSR count). The van der Waals surface area contributed by atoms with Crippen molar-refractivity contribution in [1.29, 1.82) is 0 Å². The predicted molar refractivity (Wildman–Crippen MR) is 295 cm³/mol. The summed E-state index contributed by atoms with van der Waals surface area (Å²) >= 11 is 0. The standard InChI is InChI=1S/C37H25NO.C19H18.3C2H6.C2H4/c1-24-13-15-25(16-14-24)26-7-6-8-27(21-26)28-17-19-35-32(22-28)30-9-2-4-11-34(30)38(35)29-18-20-37-33(23-29)31-10-3-5-12-36(31)39-37;1-4-16-11-12-19(15(3)13-16)14-17(5-2)18-9-7-6-8-10-18;4*1-2/h2-23H,1H3;4-14H,1-2H2,3H3;3*1-2H3;1-2H2/b;17-14+;;;;. The van der Waals surface area contributed by atoms with E-state index in [4.69, 9.17) is 4.42 Å². The molecule has 10 aromatic rings. The summed E-state index contributed by atoms with van der Waals surface area (Å²) in [5, 5.41) is 4.78. The molecule has 66 heavy (non-hydrogen) atoms. The third-order valence-electron chi connectivity index (χ3n) is 11.0. The quantitative estimate of drug-likeness (QED) is 0.0887. The van der Waals surface area contributed by atoms with Crippen LogP contribution in [-0.4, -0.2) is 4.57 Å². The van der Waals surface area contributed by atoms with E-state index in [0.29, 0.717) is 0 Å². The Morgan fingerprint density at radius 2 is 1.06 bits per heavy atom. The molecule has 0 fully saturated rings. The summed E-state index contributed by atoms with van der Waals surface area (Å²) in [6.07, 6.45) is 5.94. The van der Waals surface area contributed by atoms with E-state index in [1.54, 1.807) is 0 Å². The van der Waals surface area contributed by atoms with Crippen molar-refractivity contribution >= 4 is 61.5 Å². The molecule has 0 aliphatic rings. The van der Waals surface area contributed by atoms with Crippen LogP contribution < -0.4 is 0 Å². The summed E-state index contributed by atoms with van der Waals surface area (Å²) in [4.78, 5) is 0. The zero-order valence-corrected chi connectivity index (χ0v) is 40.2. The zero-order chi connectivity index (χ0) is 47.6. The minimum absolute atomic E-state index is 0.913. The second-order valence-corrected chi connectivity index (χ2v) is 14.8. The van der Waals surface area contributed by atoms with E-state index in [0.717, 1.165) is 38.8 Å². The number of fused-ring (bicyclic) bond motifs is 6. The fourth-order valence-corrected chi connectivity index (χ4v) is 7.95. The smallest absolute Gasteiger partial charge is 0.135 e. The maximum absolute atomic E-state index is 6.10. The Balaban J connectivity index is 0.000000256. The van der Waals surface area contributed by atoms with Crippen molar-refractivity contribution in [3.05, 3.63) is 242 Å². The molecule has 0 unspecified atom stereocenters. The summed E-state index contributed by atoms with van der Waals surface area (Å²) in [6, 6.07) is 64.6. The molecule has 0 amide bonds. The molecule has 0 saturated carbocycles. The van der Waals surface area contributed by atoms with E-state index < -0.39 is 0 Å². The van der Waals surface area contributed by atoms with Crippen LogP contribution in [0.3, 0.4) is 0 Å². The molecule has 2 aromatic heterocycles. The molecular weight excluding hydrogens is 799 g/mol. The summed E-state index contributed by atoms with van der Waals surface area (Å²) in [5.41, 5.74) is 17.5. The normalized spacial score (nSPS) is 10.5. The maximum atomic E-state index is 6.10. The molecule has 2 heterocycles. The highest BCUT2D eigenvalue weighted by molar-refractivity contribution is 6.11. The van der Waals surface area contributed by atoms with Gasteiger partial charge in [0.2, 0.25) is 0 Å². The van der Waals surface area contributed by atoms with Crippen molar-refractivity contribution in [2.45, 2.75) is 55.4 Å². The van der Waals surface area contributed by atoms with Crippen molar-refractivity contribution in [2.24, 2.45) is 0 Å². The lowest BCUT2D eigenvalue weighted by molar-refractivity contribution is 0.669. The average molecular weight is 864 g/mol. The highest BCUT2D eigenvalue weighted by atomic mass is 16.3. The van der Waals surface area contributed by atoms with Crippen LogP contribution in [0.2, 0.25) is 0 Å². The summed E-state index contributed by atoms with van der Waals surface area (Å²) < 4.78 is 8.48. The van der Waals surface area contributed by atoms with Gasteiger partial charge in [0.25, 0.3) is 0 Å². The third kappa shape index (κ3) is 11.0. The van der Waals surface area contributed by atoms with Gasteiger partial charge in [0.1, 0.15) is 11.2 Å². The zero-order valence-electron chi connectivity index (χ0n) is 40.2. The van der Waals surface area contributed by atoms with Gasteiger partial charge in [-0.1, -0.05) is 206 Å². The lowest BCUT2D eigenvalue weighted by Gasteiger charge is -2.09. The fourth-order valence-electron chi connectivity index (χ4n) is 7.95. The van der Waals surface area contributed by atoms with Crippen LogP contribution in [0.5, 0.6) is 0 Å². The van der Waals surface area contributed by atoms with Gasteiger partial charge >= 0.3 is 0 Å². The first-order valence-corrected chi connectivity index (χ1v) is 23.2. The molecule has 0 atom stereocenters. The number of aryl methyl sites for hydroxylation is 2. The van der Waals surface area contributed by atoms with Crippen molar-refractivity contribution in [2.75, 3.05) is 0 Å². The van der Waals surface area contributed by atoms with Gasteiger partial charge in [0.15, 0.2) is 0 Å². The van der Waals surface area contributed by atoms with Gasteiger partial charge in [-0.25, -0.2) is 0 Å². The largest absolute Gasteiger partial charge is 0.456 e. The molecule has 332 valence electrons. The molecular formula is C64H65NO. The van der Waals surface area contributed by atoms with Crippen LogP contribution >= 0.6 is 0 Å². The second kappa shape index (κ2) is 24.4. The van der Waals surface area contributed by atoms with E-state index in [2.05, 4.69) is 202 Å². The molecule has 8 aromatic carbocycles. The Morgan fingerprint density at radius 1 is 0.470 bits per heavy atom. The number of allylic oxidation sites excluding steroid dienone is 2. The summed E-state index contributed by atoms with van der Waals surface area (Å²) in [5.74, 6) is 0. The molecule has 2 heteroatoms. The molecule has 0 bridgehead atoms. The Hall–Kier alpha value is -7.68. The molecule has 0 aliphatic carbocycles. The van der Waals surface area contributed by atoms with Crippen LogP contribution in [0.15, 0.2) is 219 Å². The number of hydrogen-bond acceptors (Lipinski definition) is 1. The number of hydrogen-bond donors (Lipinski definition) is 0. The summed E-state index contributed by atoms with van der Waals surface area (Å²) in [6.45, 7) is 29.9. The maximum Gasteiger partial charge on any atom is 0.135 e. The van der Waals surface area contributed by atoms with Crippen molar-refractivity contribution in [3.63, 3.8) is 0 Å². The topological polar surface area (TPSA) is 18.1 Å². The molecule has 0 aliphatic heterocycles. The highest BCUT2D eigenvalue weighted by Crippen LogP contribution is 2.38. The fraction of sp³-hybridized carbons (Fsp3) is 0.125. The van der Waals surface area contributed by atoms with Crippen LogP contribution in [0.1, 0.15) is 69.4 Å². The van der Waals surface area contributed by atoms with E-state index in [-0.39, 0.29) is 0 Å². The number of furan rings is 1. The summed E-state index contributed by atoms with van der Waals surface area (Å²) in [7, 11) is 0. The van der Waals surface area contributed by atoms with Gasteiger partial charge in [0, 0.05) is 27.2 Å². The van der Waals surface area contributed by atoms with Crippen molar-refractivity contribution in [1.82, 2.24) is 4.57 Å². The average Bonchev–Trinajstić information content (AvgIpc) is 3.94. The lowest BCUT2D eigenvalue weighted by atomic mass is 9.97. The van der Waals surface area contributed by atoms with Gasteiger partial charge in [-0.15, -0.1) is 13.2 Å². The lowest BCUT2D eigenvalue weighted by Crippen LogP contribution is -1.93. The van der Waals surface area contributed by atoms with E-state index >= 15 is 0 Å². The van der Waals surface area contributed by atoms with Crippen molar-refractivity contribution in [3.8, 4) is 27.9 Å². The van der Waals surface area contributed by atoms with Crippen LogP contribution in [-0.2, 0) is 0 Å². The SMILES string of the molecule is C=C.C=C/C(=C\c1ccc(C=C)cc1C)c1ccccc1.CC.CC.CC.Cc1ccc(-c2cccc(-c3ccc4c(c3)c3ccccc3n4-c3ccc4oc5ccccc5c4c3)c2)cc1.